The SMILES string of the molecule is CN/C([S-])=N/N=C/C(=N/N=C(\[S-])NC)c1ccc(-c2ccccc2)cc1.[Cu+2]. The second kappa shape index (κ2) is 12.1. The zero-order chi connectivity index (χ0) is 18.8. The molecule has 0 atom stereocenters. The van der Waals surface area contributed by atoms with Gasteiger partial charge in [-0.3, -0.25) is 0 Å². The summed E-state index contributed by atoms with van der Waals surface area (Å²) in [5.74, 6) is 0. The zero-order valence-corrected chi connectivity index (χ0v) is 17.3. The van der Waals surface area contributed by atoms with Crippen molar-refractivity contribution in [1.29, 1.82) is 0 Å². The van der Waals surface area contributed by atoms with Crippen LogP contribution in [0.2, 0.25) is 0 Å². The largest absolute Gasteiger partial charge is 2.00 e. The second-order valence-electron chi connectivity index (χ2n) is 4.98. The van der Waals surface area contributed by atoms with Crippen molar-refractivity contribution in [2.45, 2.75) is 0 Å². The summed E-state index contributed by atoms with van der Waals surface area (Å²) in [4.78, 5) is 0. The predicted molar refractivity (Wildman–Crippen MR) is 115 cm³/mol. The Labute approximate surface area is 180 Å². The Morgan fingerprint density at radius 3 is 1.93 bits per heavy atom. The van der Waals surface area contributed by atoms with Crippen LogP contribution in [0.4, 0.5) is 0 Å². The van der Waals surface area contributed by atoms with Gasteiger partial charge in [-0.15, -0.1) is 5.10 Å². The number of hydrogen-bond donors (Lipinski definition) is 2. The number of benzene rings is 2. The summed E-state index contributed by atoms with van der Waals surface area (Å²) in [6.45, 7) is 0. The number of amidine groups is 2. The second-order valence-corrected chi connectivity index (χ2v) is 5.76. The molecule has 27 heavy (non-hydrogen) atoms. The third kappa shape index (κ3) is 7.44. The van der Waals surface area contributed by atoms with Crippen LogP contribution >= 0.6 is 0 Å². The number of rotatable bonds is 5. The van der Waals surface area contributed by atoms with Crippen molar-refractivity contribution in [2.75, 3.05) is 14.1 Å². The van der Waals surface area contributed by atoms with E-state index in [-0.39, 0.29) is 27.4 Å². The van der Waals surface area contributed by atoms with E-state index in [0.29, 0.717) is 5.71 Å². The third-order valence-corrected chi connectivity index (χ3v) is 3.86. The molecule has 9 heteroatoms. The molecule has 2 aromatic rings. The molecule has 0 amide bonds. The molecule has 0 fully saturated rings. The molecule has 0 aliphatic rings. The summed E-state index contributed by atoms with van der Waals surface area (Å²) in [7, 11) is 3.36. The Balaban J connectivity index is 0.00000364. The number of hydrogen-bond acceptors (Lipinski definition) is 6. The van der Waals surface area contributed by atoms with Crippen LogP contribution in [0, 0.1) is 0 Å². The first-order chi connectivity index (χ1) is 12.6. The monoisotopic (exact) mass is 445 g/mol. The zero-order valence-electron chi connectivity index (χ0n) is 14.7. The summed E-state index contributed by atoms with van der Waals surface area (Å²) in [6, 6.07) is 18.0. The molecule has 2 rings (SSSR count). The van der Waals surface area contributed by atoms with Gasteiger partial charge in [-0.25, -0.2) is 0 Å². The fourth-order valence-electron chi connectivity index (χ4n) is 1.96. The predicted octanol–water partition coefficient (Wildman–Crippen LogP) is 2.29. The average molecular weight is 446 g/mol. The van der Waals surface area contributed by atoms with Crippen molar-refractivity contribution in [3.8, 4) is 11.1 Å². The Hall–Kier alpha value is -2.32. The van der Waals surface area contributed by atoms with Crippen molar-refractivity contribution in [2.24, 2.45) is 20.4 Å². The van der Waals surface area contributed by atoms with Crippen LogP contribution < -0.4 is 10.6 Å². The van der Waals surface area contributed by atoms with Crippen LogP contribution in [0.3, 0.4) is 0 Å². The van der Waals surface area contributed by atoms with E-state index in [4.69, 9.17) is 25.3 Å². The van der Waals surface area contributed by atoms with Gasteiger partial charge in [-0.2, -0.15) is 15.3 Å². The molecule has 1 radical (unpaired) electrons. The summed E-state index contributed by atoms with van der Waals surface area (Å²) in [6.07, 6.45) is 1.49. The van der Waals surface area contributed by atoms with E-state index in [1.165, 1.54) is 6.21 Å². The normalized spacial score (nSPS) is 12.6. The fourth-order valence-corrected chi connectivity index (χ4v) is 2.05. The maximum absolute atomic E-state index is 5.00. The van der Waals surface area contributed by atoms with E-state index in [1.807, 2.05) is 42.5 Å². The van der Waals surface area contributed by atoms with E-state index in [2.05, 4.69) is 43.2 Å². The first-order valence-electron chi connectivity index (χ1n) is 7.76. The van der Waals surface area contributed by atoms with Gasteiger partial charge in [0.05, 0.1) is 6.21 Å². The Morgan fingerprint density at radius 1 is 0.778 bits per heavy atom. The van der Waals surface area contributed by atoms with Crippen molar-refractivity contribution in [3.05, 3.63) is 60.2 Å². The van der Waals surface area contributed by atoms with Gasteiger partial charge >= 0.3 is 17.1 Å². The van der Waals surface area contributed by atoms with Crippen LogP contribution in [-0.4, -0.2) is 36.4 Å². The molecule has 143 valence electrons. The molecular formula is C18H18CuN6S2. The van der Waals surface area contributed by atoms with Gasteiger partial charge in [0.15, 0.2) is 0 Å². The number of nitrogens with one attached hydrogen (secondary N) is 2. The van der Waals surface area contributed by atoms with E-state index < -0.39 is 0 Å². The molecule has 0 saturated carbocycles. The fraction of sp³-hybridized carbons (Fsp3) is 0.111. The first-order valence-corrected chi connectivity index (χ1v) is 8.57. The van der Waals surface area contributed by atoms with Crippen molar-refractivity contribution < 1.29 is 17.1 Å². The number of nitrogens with zero attached hydrogens (tertiary/aromatic N) is 4. The smallest absolute Gasteiger partial charge is 0.741 e. The van der Waals surface area contributed by atoms with E-state index in [1.54, 1.807) is 14.1 Å². The van der Waals surface area contributed by atoms with Gasteiger partial charge in [0, 0.05) is 19.7 Å². The van der Waals surface area contributed by atoms with Gasteiger partial charge in [0.2, 0.25) is 0 Å². The molecule has 2 aromatic carbocycles. The average Bonchev–Trinajstić information content (AvgIpc) is 2.70. The third-order valence-electron chi connectivity index (χ3n) is 3.29. The molecule has 0 aromatic heterocycles. The van der Waals surface area contributed by atoms with Crippen LogP contribution in [0.25, 0.3) is 11.1 Å². The molecular weight excluding hydrogens is 428 g/mol. The van der Waals surface area contributed by atoms with Gasteiger partial charge in [0.1, 0.15) is 5.71 Å². The van der Waals surface area contributed by atoms with Gasteiger partial charge in [-0.05, 0) is 21.5 Å². The van der Waals surface area contributed by atoms with Crippen LogP contribution in [0.1, 0.15) is 5.56 Å². The van der Waals surface area contributed by atoms with E-state index in [9.17, 15) is 0 Å². The molecule has 0 saturated heterocycles. The summed E-state index contributed by atoms with van der Waals surface area (Å²) in [5, 5.41) is 21.9. The Morgan fingerprint density at radius 2 is 1.33 bits per heavy atom. The van der Waals surface area contributed by atoms with Crippen LogP contribution in [0.5, 0.6) is 0 Å². The minimum atomic E-state index is 0. The molecule has 6 nitrogen and oxygen atoms in total. The van der Waals surface area contributed by atoms with Crippen molar-refractivity contribution >= 4 is 47.5 Å². The maximum atomic E-state index is 5.00. The summed E-state index contributed by atoms with van der Waals surface area (Å²) >= 11 is 9.93. The standard InChI is InChI=1S/C18H20N6S2.Cu/c1-19-17(25)23-21-12-16(22-24-18(26)20-2)15-10-8-14(9-11-15)13-6-4-3-5-7-13;/h3-12H,1-2H3,(H2,19,23,25)(H2,20,24,26);/q;+2/p-2/b21-12+,22-16-;. The Bertz CT molecular complexity index is 833. The van der Waals surface area contributed by atoms with E-state index >= 15 is 0 Å². The van der Waals surface area contributed by atoms with Crippen LogP contribution in [0.15, 0.2) is 75.0 Å². The molecule has 0 aliphatic carbocycles. The van der Waals surface area contributed by atoms with Gasteiger partial charge < -0.3 is 35.9 Å². The maximum Gasteiger partial charge on any atom is 2.00 e. The van der Waals surface area contributed by atoms with E-state index in [0.717, 1.165) is 16.7 Å². The van der Waals surface area contributed by atoms with Gasteiger partial charge in [-0.1, -0.05) is 54.6 Å². The first kappa shape index (κ1) is 22.7. The quantitative estimate of drug-likeness (QED) is 0.243. The molecule has 2 N–H and O–H groups in total. The summed E-state index contributed by atoms with van der Waals surface area (Å²) < 4.78 is 0. The Kier molecular flexibility index (Phi) is 10.2. The van der Waals surface area contributed by atoms with Crippen molar-refractivity contribution in [1.82, 2.24) is 10.6 Å². The van der Waals surface area contributed by atoms with Crippen LogP contribution in [-0.2, 0) is 42.3 Å². The summed E-state index contributed by atoms with van der Waals surface area (Å²) in [5.41, 5.74) is 3.60. The minimum Gasteiger partial charge on any atom is -0.741 e. The van der Waals surface area contributed by atoms with Gasteiger partial charge in [0.25, 0.3) is 0 Å². The molecule has 0 spiro atoms. The molecule has 0 bridgehead atoms. The topological polar surface area (TPSA) is 73.5 Å². The van der Waals surface area contributed by atoms with Crippen molar-refractivity contribution in [3.63, 3.8) is 0 Å². The molecule has 0 heterocycles. The molecule has 0 unspecified atom stereocenters. The molecule has 0 aliphatic heterocycles. The minimum absolute atomic E-state index is 0.